The molecule has 2 N–H and O–H groups in total. The van der Waals surface area contributed by atoms with Crippen LogP contribution in [0.4, 0.5) is 5.82 Å². The predicted molar refractivity (Wildman–Crippen MR) is 119 cm³/mol. The number of esters is 1. The number of rotatable bonds is 7. The zero-order valence-electron chi connectivity index (χ0n) is 17.9. The van der Waals surface area contributed by atoms with Gasteiger partial charge in [0.15, 0.2) is 22.4 Å². The first-order valence-corrected chi connectivity index (χ1v) is 10.9. The average molecular weight is 455 g/mol. The van der Waals surface area contributed by atoms with E-state index in [0.29, 0.717) is 22.2 Å². The number of nitrogens with zero attached hydrogens (tertiary/aromatic N) is 3. The second-order valence-corrected chi connectivity index (χ2v) is 7.98. The molecule has 0 unspecified atom stereocenters. The van der Waals surface area contributed by atoms with Gasteiger partial charge in [-0.05, 0) is 39.0 Å². The van der Waals surface area contributed by atoms with Crippen LogP contribution in [0.3, 0.4) is 0 Å². The maximum Gasteiger partial charge on any atom is 0.343 e. The first kappa shape index (κ1) is 21.7. The summed E-state index contributed by atoms with van der Waals surface area (Å²) in [5.41, 5.74) is 9.21. The molecule has 0 fully saturated rings. The van der Waals surface area contributed by atoms with E-state index in [1.54, 1.807) is 6.92 Å². The number of hydrogen-bond donors (Lipinski definition) is 1. The minimum Gasteiger partial charge on any atom is -0.462 e. The number of ketones is 1. The average Bonchev–Trinajstić information content (AvgIpc) is 3.35. The molecule has 0 bridgehead atoms. The van der Waals surface area contributed by atoms with Gasteiger partial charge in [-0.25, -0.2) is 14.8 Å². The third kappa shape index (κ3) is 4.13. The Morgan fingerprint density at radius 2 is 1.97 bits per heavy atom. The Morgan fingerprint density at radius 1 is 1.19 bits per heavy atom. The van der Waals surface area contributed by atoms with Gasteiger partial charge < -0.3 is 24.5 Å². The van der Waals surface area contributed by atoms with Crippen LogP contribution >= 0.6 is 11.8 Å². The van der Waals surface area contributed by atoms with Gasteiger partial charge >= 0.3 is 5.97 Å². The fourth-order valence-corrected chi connectivity index (χ4v) is 4.19. The summed E-state index contributed by atoms with van der Waals surface area (Å²) < 4.78 is 17.8. The Balaban J connectivity index is 1.49. The van der Waals surface area contributed by atoms with E-state index in [0.717, 1.165) is 28.8 Å². The van der Waals surface area contributed by atoms with Gasteiger partial charge in [0.2, 0.25) is 6.79 Å². The molecule has 1 aliphatic rings. The number of aryl methyl sites for hydroxylation is 1. The normalized spacial score (nSPS) is 12.1. The summed E-state index contributed by atoms with van der Waals surface area (Å²) in [5.74, 6) is 0.898. The molecule has 9 nitrogen and oxygen atoms in total. The fourth-order valence-electron chi connectivity index (χ4n) is 3.49. The monoisotopic (exact) mass is 454 g/mol. The van der Waals surface area contributed by atoms with E-state index in [1.807, 2.05) is 42.7 Å². The van der Waals surface area contributed by atoms with Crippen molar-refractivity contribution in [1.29, 1.82) is 0 Å². The number of Topliss-reactive ketones (excluding diaryl/α,β-unsaturated/α-hetero) is 1. The first-order valence-electron chi connectivity index (χ1n) is 9.93. The molecule has 1 aromatic carbocycles. The highest BCUT2D eigenvalue weighted by Crippen LogP contribution is 2.35. The molecule has 3 aromatic rings. The summed E-state index contributed by atoms with van der Waals surface area (Å²) in [6.07, 6.45) is 1.32. The number of ether oxygens (including phenoxy) is 3. The van der Waals surface area contributed by atoms with Crippen molar-refractivity contribution in [2.24, 2.45) is 0 Å². The van der Waals surface area contributed by atoms with Crippen LogP contribution < -0.4 is 15.2 Å². The number of fused-ring (bicyclic) bond motifs is 1. The second-order valence-electron chi connectivity index (χ2n) is 7.04. The minimum atomic E-state index is -0.575. The third-order valence-electron chi connectivity index (χ3n) is 4.97. The van der Waals surface area contributed by atoms with Gasteiger partial charge in [0.25, 0.3) is 0 Å². The summed E-state index contributed by atoms with van der Waals surface area (Å²) in [7, 11) is 0. The number of carbonyl (C=O) groups excluding carboxylic acids is 2. The number of carbonyl (C=O) groups is 2. The van der Waals surface area contributed by atoms with E-state index in [4.69, 9.17) is 19.9 Å². The lowest BCUT2D eigenvalue weighted by Crippen LogP contribution is -2.11. The third-order valence-corrected chi connectivity index (χ3v) is 5.83. The number of aromatic nitrogens is 3. The van der Waals surface area contributed by atoms with Gasteiger partial charge in [-0.15, -0.1) is 0 Å². The second kappa shape index (κ2) is 8.91. The number of nitrogen functional groups attached to an aromatic ring is 1. The molecule has 0 spiro atoms. The van der Waals surface area contributed by atoms with Crippen LogP contribution in [-0.4, -0.2) is 45.4 Å². The van der Waals surface area contributed by atoms with E-state index < -0.39 is 5.97 Å². The number of benzene rings is 1. The molecule has 0 atom stereocenters. The first-order chi connectivity index (χ1) is 15.4. The maximum absolute atomic E-state index is 12.9. The van der Waals surface area contributed by atoms with Crippen molar-refractivity contribution in [2.45, 2.75) is 25.9 Å². The fraction of sp³-hybridized carbons (Fsp3) is 0.273. The molecule has 1 aliphatic heterocycles. The zero-order chi connectivity index (χ0) is 22.8. The van der Waals surface area contributed by atoms with Crippen molar-refractivity contribution in [2.75, 3.05) is 24.9 Å². The molecule has 4 rings (SSSR count). The van der Waals surface area contributed by atoms with Crippen molar-refractivity contribution in [1.82, 2.24) is 14.5 Å². The highest BCUT2D eigenvalue weighted by molar-refractivity contribution is 7.99. The van der Waals surface area contributed by atoms with Crippen molar-refractivity contribution in [3.63, 3.8) is 0 Å². The van der Waals surface area contributed by atoms with Crippen LogP contribution in [0, 0.1) is 13.8 Å². The van der Waals surface area contributed by atoms with Gasteiger partial charge in [0, 0.05) is 34.9 Å². The Labute approximate surface area is 188 Å². The molecular formula is C22H22N4O5S. The van der Waals surface area contributed by atoms with Crippen molar-refractivity contribution in [3.8, 4) is 17.2 Å². The molecular weight excluding hydrogens is 432 g/mol. The van der Waals surface area contributed by atoms with E-state index in [1.165, 1.54) is 6.20 Å². The molecule has 32 heavy (non-hydrogen) atoms. The largest absolute Gasteiger partial charge is 0.462 e. The summed E-state index contributed by atoms with van der Waals surface area (Å²) in [4.78, 5) is 33.0. The van der Waals surface area contributed by atoms with Crippen molar-refractivity contribution < 1.29 is 23.8 Å². The standard InChI is InChI=1S/C22H22N4O5S/c1-4-29-21(28)16-9-24-22(25-20(16)23)32-10-17(27)15-7-12(2)26(13(15)3)14-5-6-18-19(8-14)31-11-30-18/h5-9H,4,10-11H2,1-3H3,(H2,23,24,25). The Hall–Kier alpha value is -3.53. The molecule has 0 radical (unpaired) electrons. The van der Waals surface area contributed by atoms with Crippen LogP contribution in [0.1, 0.15) is 39.0 Å². The molecule has 0 aliphatic carbocycles. The highest BCUT2D eigenvalue weighted by atomic mass is 32.2. The molecule has 0 saturated heterocycles. The van der Waals surface area contributed by atoms with Crippen molar-refractivity contribution in [3.05, 3.63) is 53.0 Å². The molecule has 2 aromatic heterocycles. The van der Waals surface area contributed by atoms with Gasteiger partial charge in [-0.3, -0.25) is 4.79 Å². The summed E-state index contributed by atoms with van der Waals surface area (Å²) >= 11 is 1.16. The minimum absolute atomic E-state index is 0.0226. The number of anilines is 1. The smallest absolute Gasteiger partial charge is 0.343 e. The number of thioether (sulfide) groups is 1. The van der Waals surface area contributed by atoms with Gasteiger partial charge in [0.05, 0.1) is 12.4 Å². The van der Waals surface area contributed by atoms with Crippen LogP contribution in [0.15, 0.2) is 35.6 Å². The topological polar surface area (TPSA) is 119 Å². The van der Waals surface area contributed by atoms with E-state index in [9.17, 15) is 9.59 Å². The maximum atomic E-state index is 12.9. The molecule has 0 amide bonds. The van der Waals surface area contributed by atoms with Crippen LogP contribution in [-0.2, 0) is 4.74 Å². The SMILES string of the molecule is CCOC(=O)c1cnc(SCC(=O)c2cc(C)n(-c3ccc4c(c3)OCO4)c2C)nc1N. The number of nitrogens with two attached hydrogens (primary N) is 1. The summed E-state index contributed by atoms with van der Waals surface area (Å²) in [6, 6.07) is 7.54. The van der Waals surface area contributed by atoms with Crippen LogP contribution in [0.2, 0.25) is 0 Å². The lowest BCUT2D eigenvalue weighted by Gasteiger charge is -2.10. The molecule has 166 valence electrons. The Bertz CT molecular complexity index is 1210. The van der Waals surface area contributed by atoms with Crippen LogP contribution in [0.5, 0.6) is 11.5 Å². The molecule has 3 heterocycles. The van der Waals surface area contributed by atoms with E-state index >= 15 is 0 Å². The predicted octanol–water partition coefficient (Wildman–Crippen LogP) is 3.35. The summed E-state index contributed by atoms with van der Waals surface area (Å²) in [5, 5.41) is 0.313. The zero-order valence-corrected chi connectivity index (χ0v) is 18.7. The van der Waals surface area contributed by atoms with Crippen LogP contribution in [0.25, 0.3) is 5.69 Å². The summed E-state index contributed by atoms with van der Waals surface area (Å²) in [6.45, 7) is 5.98. The van der Waals surface area contributed by atoms with Gasteiger partial charge in [-0.2, -0.15) is 0 Å². The Kier molecular flexibility index (Phi) is 6.04. The Morgan fingerprint density at radius 3 is 2.72 bits per heavy atom. The quantitative estimate of drug-likeness (QED) is 0.248. The van der Waals surface area contributed by atoms with Gasteiger partial charge in [-0.1, -0.05) is 11.8 Å². The number of hydrogen-bond acceptors (Lipinski definition) is 9. The highest BCUT2D eigenvalue weighted by Gasteiger charge is 2.20. The van der Waals surface area contributed by atoms with Crippen molar-refractivity contribution >= 4 is 29.3 Å². The lowest BCUT2D eigenvalue weighted by molar-refractivity contribution is 0.0526. The van der Waals surface area contributed by atoms with Gasteiger partial charge in [0.1, 0.15) is 11.4 Å². The van der Waals surface area contributed by atoms with E-state index in [-0.39, 0.29) is 36.3 Å². The lowest BCUT2D eigenvalue weighted by atomic mass is 10.2. The molecule has 0 saturated carbocycles. The van der Waals surface area contributed by atoms with E-state index in [2.05, 4.69) is 9.97 Å². The molecule has 10 heteroatoms.